The molecule has 0 atom stereocenters. The van der Waals surface area contributed by atoms with Crippen LogP contribution in [0.3, 0.4) is 0 Å². The Morgan fingerprint density at radius 3 is 2.48 bits per heavy atom. The van der Waals surface area contributed by atoms with E-state index in [9.17, 15) is 9.59 Å². The van der Waals surface area contributed by atoms with Gasteiger partial charge in [0.15, 0.2) is 5.69 Å². The van der Waals surface area contributed by atoms with Crippen molar-refractivity contribution >= 4 is 33.5 Å². The molecule has 2 rings (SSSR count). The maximum atomic E-state index is 12.2. The number of rotatable bonds is 3. The molecule has 0 fully saturated rings. The van der Waals surface area contributed by atoms with Crippen molar-refractivity contribution in [1.29, 1.82) is 0 Å². The van der Waals surface area contributed by atoms with Crippen LogP contribution in [-0.4, -0.2) is 28.8 Å². The number of esters is 1. The van der Waals surface area contributed by atoms with Gasteiger partial charge in [-0.15, -0.1) is 0 Å². The Morgan fingerprint density at radius 1 is 1.29 bits per heavy atom. The topological polar surface area (TPSA) is 73.2 Å². The van der Waals surface area contributed by atoms with E-state index in [2.05, 4.69) is 31.1 Å². The summed E-state index contributed by atoms with van der Waals surface area (Å²) >= 11 is 3.31. The molecule has 0 unspecified atom stereocenters. The summed E-state index contributed by atoms with van der Waals surface area (Å²) in [6.45, 7) is 1.76. The van der Waals surface area contributed by atoms with E-state index in [0.717, 1.165) is 4.47 Å². The molecule has 2 aromatic rings. The summed E-state index contributed by atoms with van der Waals surface area (Å²) in [5.74, 6) is -0.909. The molecule has 0 bridgehead atoms. The molecule has 0 aliphatic rings. The van der Waals surface area contributed by atoms with Gasteiger partial charge in [0.1, 0.15) is 0 Å². The van der Waals surface area contributed by atoms with Gasteiger partial charge in [-0.2, -0.15) is 5.10 Å². The lowest BCUT2D eigenvalue weighted by atomic mass is 10.2. The number of anilines is 1. The number of hydrogen-bond acceptors (Lipinski definition) is 4. The lowest BCUT2D eigenvalue weighted by Crippen LogP contribution is -2.15. The summed E-state index contributed by atoms with van der Waals surface area (Å²) in [7, 11) is 2.96. The molecule has 0 saturated carbocycles. The van der Waals surface area contributed by atoms with Crippen LogP contribution >= 0.6 is 15.9 Å². The lowest BCUT2D eigenvalue weighted by Gasteiger charge is -2.06. The maximum absolute atomic E-state index is 12.2. The molecule has 1 heterocycles. The van der Waals surface area contributed by atoms with E-state index in [1.54, 1.807) is 38.2 Å². The zero-order valence-corrected chi connectivity index (χ0v) is 13.4. The Kier molecular flexibility index (Phi) is 4.42. The Balaban J connectivity index is 2.32. The van der Waals surface area contributed by atoms with Gasteiger partial charge in [0.05, 0.1) is 18.5 Å². The first-order valence-corrected chi connectivity index (χ1v) is 6.92. The Morgan fingerprint density at radius 2 is 1.90 bits per heavy atom. The van der Waals surface area contributed by atoms with Crippen LogP contribution in [0.1, 0.15) is 26.5 Å². The molecule has 0 spiro atoms. The SMILES string of the molecule is COC(=O)c1nn(C)c(C)c1NC(=O)c1ccc(Br)cc1. The van der Waals surface area contributed by atoms with Gasteiger partial charge in [0, 0.05) is 17.1 Å². The molecule has 0 saturated heterocycles. The number of aryl methyl sites for hydroxylation is 1. The fourth-order valence-corrected chi connectivity index (χ4v) is 2.05. The summed E-state index contributed by atoms with van der Waals surface area (Å²) in [5, 5.41) is 6.77. The Bertz CT molecular complexity index is 692. The van der Waals surface area contributed by atoms with Crippen molar-refractivity contribution in [2.24, 2.45) is 7.05 Å². The molecule has 6 nitrogen and oxygen atoms in total. The van der Waals surface area contributed by atoms with E-state index in [1.807, 2.05) is 0 Å². The second kappa shape index (κ2) is 6.09. The summed E-state index contributed by atoms with van der Waals surface area (Å²) in [4.78, 5) is 23.9. The molecule has 21 heavy (non-hydrogen) atoms. The van der Waals surface area contributed by atoms with E-state index < -0.39 is 5.97 Å². The average molecular weight is 352 g/mol. The fourth-order valence-electron chi connectivity index (χ4n) is 1.78. The van der Waals surface area contributed by atoms with E-state index in [-0.39, 0.29) is 11.6 Å². The first kappa shape index (κ1) is 15.2. The van der Waals surface area contributed by atoms with E-state index in [0.29, 0.717) is 16.9 Å². The van der Waals surface area contributed by atoms with Crippen molar-refractivity contribution < 1.29 is 14.3 Å². The molecule has 0 aliphatic heterocycles. The third-order valence-corrected chi connectivity index (χ3v) is 3.59. The van der Waals surface area contributed by atoms with Crippen LogP contribution in [0, 0.1) is 6.92 Å². The standard InChI is InChI=1S/C14H14BrN3O3/c1-8-11(12(14(20)21-3)17-18(8)2)16-13(19)9-4-6-10(15)7-5-9/h4-7H,1-3H3,(H,16,19). The maximum Gasteiger partial charge on any atom is 0.360 e. The van der Waals surface area contributed by atoms with Crippen LogP contribution in [0.25, 0.3) is 0 Å². The summed E-state index contributed by atoms with van der Waals surface area (Å²) < 4.78 is 7.07. The highest BCUT2D eigenvalue weighted by atomic mass is 79.9. The van der Waals surface area contributed by atoms with E-state index in [4.69, 9.17) is 0 Å². The smallest absolute Gasteiger partial charge is 0.360 e. The van der Waals surface area contributed by atoms with Gasteiger partial charge >= 0.3 is 5.97 Å². The highest BCUT2D eigenvalue weighted by molar-refractivity contribution is 9.10. The van der Waals surface area contributed by atoms with Crippen molar-refractivity contribution in [2.75, 3.05) is 12.4 Å². The Hall–Kier alpha value is -2.15. The minimum atomic E-state index is -0.593. The van der Waals surface area contributed by atoms with Gasteiger partial charge < -0.3 is 10.1 Å². The normalized spacial score (nSPS) is 10.3. The number of nitrogens with zero attached hydrogens (tertiary/aromatic N) is 2. The lowest BCUT2D eigenvalue weighted by molar-refractivity contribution is 0.0594. The largest absolute Gasteiger partial charge is 0.464 e. The monoisotopic (exact) mass is 351 g/mol. The highest BCUT2D eigenvalue weighted by Crippen LogP contribution is 2.21. The third-order valence-electron chi connectivity index (χ3n) is 3.06. The van der Waals surface area contributed by atoms with Gasteiger partial charge in [0.2, 0.25) is 0 Å². The van der Waals surface area contributed by atoms with E-state index in [1.165, 1.54) is 11.8 Å². The zero-order chi connectivity index (χ0) is 15.6. The van der Waals surface area contributed by atoms with Gasteiger partial charge in [-0.25, -0.2) is 4.79 Å². The number of ether oxygens (including phenoxy) is 1. The molecule has 1 aromatic heterocycles. The number of halogens is 1. The predicted octanol–water partition coefficient (Wildman–Crippen LogP) is 2.53. The molecule has 0 aliphatic carbocycles. The number of aromatic nitrogens is 2. The van der Waals surface area contributed by atoms with Crippen molar-refractivity contribution in [3.05, 3.63) is 45.7 Å². The van der Waals surface area contributed by atoms with Crippen LogP contribution in [0.5, 0.6) is 0 Å². The number of nitrogens with one attached hydrogen (secondary N) is 1. The summed E-state index contributed by atoms with van der Waals surface area (Å²) in [6.07, 6.45) is 0. The summed E-state index contributed by atoms with van der Waals surface area (Å²) in [5.41, 5.74) is 1.60. The van der Waals surface area contributed by atoms with Crippen molar-refractivity contribution in [3.63, 3.8) is 0 Å². The van der Waals surface area contributed by atoms with Crippen LogP contribution in [0.15, 0.2) is 28.7 Å². The molecule has 1 amide bonds. The minimum Gasteiger partial charge on any atom is -0.464 e. The molecule has 1 N–H and O–H groups in total. The fraction of sp³-hybridized carbons (Fsp3) is 0.214. The number of carbonyl (C=O) groups is 2. The number of carbonyl (C=O) groups excluding carboxylic acids is 2. The van der Waals surface area contributed by atoms with Crippen LogP contribution in [0.4, 0.5) is 5.69 Å². The zero-order valence-electron chi connectivity index (χ0n) is 11.8. The van der Waals surface area contributed by atoms with E-state index >= 15 is 0 Å². The quantitative estimate of drug-likeness (QED) is 0.862. The molecule has 7 heteroatoms. The van der Waals surface area contributed by atoms with Crippen molar-refractivity contribution in [2.45, 2.75) is 6.92 Å². The average Bonchev–Trinajstić information content (AvgIpc) is 2.75. The Labute approximate surface area is 130 Å². The number of benzene rings is 1. The van der Waals surface area contributed by atoms with Gasteiger partial charge in [0.25, 0.3) is 5.91 Å². The highest BCUT2D eigenvalue weighted by Gasteiger charge is 2.22. The number of methoxy groups -OCH3 is 1. The number of hydrogen-bond donors (Lipinski definition) is 1. The molecular formula is C14H14BrN3O3. The third kappa shape index (κ3) is 3.13. The van der Waals surface area contributed by atoms with Gasteiger partial charge in [-0.1, -0.05) is 15.9 Å². The van der Waals surface area contributed by atoms with Gasteiger partial charge in [-0.3, -0.25) is 9.48 Å². The van der Waals surface area contributed by atoms with Crippen molar-refractivity contribution in [3.8, 4) is 0 Å². The second-order valence-corrected chi connectivity index (χ2v) is 5.30. The predicted molar refractivity (Wildman–Crippen MR) is 81.4 cm³/mol. The second-order valence-electron chi connectivity index (χ2n) is 4.39. The first-order chi connectivity index (χ1) is 9.93. The minimum absolute atomic E-state index is 0.0861. The van der Waals surface area contributed by atoms with Crippen molar-refractivity contribution in [1.82, 2.24) is 9.78 Å². The molecule has 0 radical (unpaired) electrons. The first-order valence-electron chi connectivity index (χ1n) is 6.13. The van der Waals surface area contributed by atoms with Gasteiger partial charge in [-0.05, 0) is 31.2 Å². The summed E-state index contributed by atoms with van der Waals surface area (Å²) in [6, 6.07) is 6.91. The van der Waals surface area contributed by atoms with Crippen LogP contribution in [0.2, 0.25) is 0 Å². The van der Waals surface area contributed by atoms with Crippen LogP contribution in [-0.2, 0) is 11.8 Å². The number of amides is 1. The molecule has 110 valence electrons. The van der Waals surface area contributed by atoms with Crippen LogP contribution < -0.4 is 5.32 Å². The molecular weight excluding hydrogens is 338 g/mol. The molecule has 1 aromatic carbocycles.